The number of carbonyl (C=O) groups is 1. The second-order valence-electron chi connectivity index (χ2n) is 8.20. The maximum absolute atomic E-state index is 12.6. The number of anilines is 1. The van der Waals surface area contributed by atoms with E-state index in [2.05, 4.69) is 24.1 Å². The van der Waals surface area contributed by atoms with E-state index in [0.717, 1.165) is 31.7 Å². The lowest BCUT2D eigenvalue weighted by molar-refractivity contribution is 0.0870. The molecule has 2 aliphatic rings. The van der Waals surface area contributed by atoms with Crippen LogP contribution in [-0.2, 0) is 0 Å². The summed E-state index contributed by atoms with van der Waals surface area (Å²) in [6.45, 7) is 12.0. The highest BCUT2D eigenvalue weighted by Gasteiger charge is 2.42. The molecule has 24 heavy (non-hydrogen) atoms. The monoisotopic (exact) mass is 329 g/mol. The summed E-state index contributed by atoms with van der Waals surface area (Å²) >= 11 is 0. The van der Waals surface area contributed by atoms with Gasteiger partial charge >= 0.3 is 6.03 Å². The molecule has 132 valence electrons. The number of rotatable bonds is 3. The summed E-state index contributed by atoms with van der Waals surface area (Å²) in [7, 11) is 0. The van der Waals surface area contributed by atoms with Crippen molar-refractivity contribution < 1.29 is 4.79 Å². The Morgan fingerprint density at radius 1 is 1.25 bits per heavy atom. The maximum atomic E-state index is 12.6. The second-order valence-corrected chi connectivity index (χ2v) is 8.20. The quantitative estimate of drug-likeness (QED) is 0.911. The Balaban J connectivity index is 1.59. The van der Waals surface area contributed by atoms with Crippen molar-refractivity contribution in [3.05, 3.63) is 29.8 Å². The number of likely N-dealkylation sites (tertiary alicyclic amines) is 2. The minimum atomic E-state index is 0.0541. The average Bonchev–Trinajstić information content (AvgIpc) is 2.90. The fraction of sp³-hybridized carbons (Fsp3) is 0.650. The van der Waals surface area contributed by atoms with E-state index in [9.17, 15) is 4.79 Å². The molecule has 1 spiro atoms. The van der Waals surface area contributed by atoms with Crippen LogP contribution in [0.5, 0.6) is 0 Å². The Morgan fingerprint density at radius 3 is 2.83 bits per heavy atom. The molecule has 0 radical (unpaired) electrons. The number of nitrogens with zero attached hydrogens (tertiary/aromatic N) is 2. The molecule has 0 saturated carbocycles. The van der Waals surface area contributed by atoms with E-state index in [1.165, 1.54) is 31.5 Å². The minimum Gasteiger partial charge on any atom is -0.324 e. The number of piperidine rings is 1. The molecular weight excluding hydrogens is 298 g/mol. The Kier molecular flexibility index (Phi) is 5.14. The van der Waals surface area contributed by atoms with Crippen LogP contribution < -0.4 is 5.32 Å². The van der Waals surface area contributed by atoms with Crippen molar-refractivity contribution in [2.45, 2.75) is 40.0 Å². The second kappa shape index (κ2) is 7.14. The number of nitrogens with one attached hydrogen (secondary N) is 1. The third kappa shape index (κ3) is 4.10. The lowest BCUT2D eigenvalue weighted by Crippen LogP contribution is -2.46. The molecule has 1 aromatic rings. The van der Waals surface area contributed by atoms with E-state index in [0.29, 0.717) is 11.3 Å². The van der Waals surface area contributed by atoms with Gasteiger partial charge in [0.2, 0.25) is 0 Å². The summed E-state index contributed by atoms with van der Waals surface area (Å²) in [6.07, 6.45) is 3.67. The summed E-state index contributed by atoms with van der Waals surface area (Å²) in [5, 5.41) is 3.06. The number of hydrogen-bond donors (Lipinski definition) is 1. The molecule has 2 saturated heterocycles. The van der Waals surface area contributed by atoms with Gasteiger partial charge in [0.05, 0.1) is 0 Å². The van der Waals surface area contributed by atoms with Crippen LogP contribution in [-0.4, -0.2) is 48.6 Å². The van der Waals surface area contributed by atoms with Gasteiger partial charge in [-0.25, -0.2) is 4.79 Å². The predicted octanol–water partition coefficient (Wildman–Crippen LogP) is 3.97. The maximum Gasteiger partial charge on any atom is 0.321 e. The number of carbonyl (C=O) groups excluding carboxylic acids is 1. The van der Waals surface area contributed by atoms with Crippen molar-refractivity contribution in [2.75, 3.05) is 38.0 Å². The van der Waals surface area contributed by atoms with Crippen molar-refractivity contribution in [3.63, 3.8) is 0 Å². The molecule has 1 atom stereocenters. The van der Waals surface area contributed by atoms with E-state index in [-0.39, 0.29) is 6.03 Å². The van der Waals surface area contributed by atoms with E-state index in [4.69, 9.17) is 0 Å². The average molecular weight is 329 g/mol. The van der Waals surface area contributed by atoms with Gasteiger partial charge in [-0.15, -0.1) is 0 Å². The first-order valence-corrected chi connectivity index (χ1v) is 9.31. The van der Waals surface area contributed by atoms with Crippen molar-refractivity contribution in [1.29, 1.82) is 0 Å². The van der Waals surface area contributed by atoms with E-state index < -0.39 is 0 Å². The molecule has 2 fully saturated rings. The summed E-state index contributed by atoms with van der Waals surface area (Å²) in [4.78, 5) is 17.2. The molecule has 0 bridgehead atoms. The van der Waals surface area contributed by atoms with Crippen LogP contribution in [0.25, 0.3) is 0 Å². The molecule has 0 unspecified atom stereocenters. The molecule has 2 aliphatic heterocycles. The zero-order valence-electron chi connectivity index (χ0n) is 15.3. The van der Waals surface area contributed by atoms with Gasteiger partial charge in [0.1, 0.15) is 0 Å². The van der Waals surface area contributed by atoms with Gasteiger partial charge < -0.3 is 15.1 Å². The molecule has 3 rings (SSSR count). The van der Waals surface area contributed by atoms with Crippen molar-refractivity contribution in [3.8, 4) is 0 Å². The van der Waals surface area contributed by atoms with Crippen LogP contribution in [0.4, 0.5) is 10.5 Å². The Hall–Kier alpha value is -1.55. The largest absolute Gasteiger partial charge is 0.324 e. The topological polar surface area (TPSA) is 35.6 Å². The molecule has 4 heteroatoms. The van der Waals surface area contributed by atoms with Gasteiger partial charge in [0.15, 0.2) is 0 Å². The van der Waals surface area contributed by atoms with Gasteiger partial charge in [-0.3, -0.25) is 0 Å². The minimum absolute atomic E-state index is 0.0541. The van der Waals surface area contributed by atoms with Gasteiger partial charge in [0.25, 0.3) is 0 Å². The van der Waals surface area contributed by atoms with Crippen LogP contribution in [0.2, 0.25) is 0 Å². The third-order valence-corrected chi connectivity index (χ3v) is 5.36. The van der Waals surface area contributed by atoms with Gasteiger partial charge in [-0.2, -0.15) is 0 Å². The van der Waals surface area contributed by atoms with Crippen LogP contribution in [0.3, 0.4) is 0 Å². The molecular formula is C20H31N3O. The Bertz CT molecular complexity index is 586. The highest BCUT2D eigenvalue weighted by molar-refractivity contribution is 5.89. The Labute approximate surface area is 146 Å². The van der Waals surface area contributed by atoms with Crippen LogP contribution in [0, 0.1) is 18.3 Å². The highest BCUT2D eigenvalue weighted by Crippen LogP contribution is 2.39. The first-order valence-electron chi connectivity index (χ1n) is 9.31. The number of hydrogen-bond acceptors (Lipinski definition) is 2. The number of benzene rings is 1. The van der Waals surface area contributed by atoms with Crippen molar-refractivity contribution in [2.24, 2.45) is 11.3 Å². The summed E-state index contributed by atoms with van der Waals surface area (Å²) in [5.41, 5.74) is 2.38. The number of urea groups is 1. The van der Waals surface area contributed by atoms with E-state index in [1.54, 1.807) is 0 Å². The molecule has 2 amide bonds. The lowest BCUT2D eigenvalue weighted by Gasteiger charge is -2.41. The van der Waals surface area contributed by atoms with Crippen LogP contribution >= 0.6 is 0 Å². The smallest absolute Gasteiger partial charge is 0.321 e. The third-order valence-electron chi connectivity index (χ3n) is 5.36. The van der Waals surface area contributed by atoms with E-state index in [1.807, 2.05) is 36.1 Å². The molecule has 0 aliphatic carbocycles. The fourth-order valence-electron chi connectivity index (χ4n) is 4.35. The molecule has 1 N–H and O–H groups in total. The summed E-state index contributed by atoms with van der Waals surface area (Å²) < 4.78 is 0. The van der Waals surface area contributed by atoms with Gasteiger partial charge in [-0.05, 0) is 56.3 Å². The van der Waals surface area contributed by atoms with Crippen molar-refractivity contribution >= 4 is 11.7 Å². The summed E-state index contributed by atoms with van der Waals surface area (Å²) in [6, 6.07) is 8.07. The predicted molar refractivity (Wildman–Crippen MR) is 99.3 cm³/mol. The first-order chi connectivity index (χ1) is 11.5. The standard InChI is InChI=1S/C20H31N3O/c1-16(2)13-22-10-5-8-20(14-22)9-11-23(15-20)19(24)21-18-7-4-6-17(3)12-18/h4,6-7,12,16H,5,8-11,13-15H2,1-3H3,(H,21,24)/t20-/m0/s1. The van der Waals surface area contributed by atoms with Crippen molar-refractivity contribution in [1.82, 2.24) is 9.80 Å². The van der Waals surface area contributed by atoms with Crippen LogP contribution in [0.1, 0.15) is 38.7 Å². The van der Waals surface area contributed by atoms with E-state index >= 15 is 0 Å². The lowest BCUT2D eigenvalue weighted by atomic mass is 9.79. The number of amides is 2. The summed E-state index contributed by atoms with van der Waals surface area (Å²) in [5.74, 6) is 0.710. The zero-order chi connectivity index (χ0) is 17.2. The fourth-order valence-corrected chi connectivity index (χ4v) is 4.35. The van der Waals surface area contributed by atoms with Gasteiger partial charge in [0, 0.05) is 37.3 Å². The molecule has 4 nitrogen and oxygen atoms in total. The highest BCUT2D eigenvalue weighted by atomic mass is 16.2. The van der Waals surface area contributed by atoms with Gasteiger partial charge in [-0.1, -0.05) is 26.0 Å². The Morgan fingerprint density at radius 2 is 2.08 bits per heavy atom. The first kappa shape index (κ1) is 17.3. The van der Waals surface area contributed by atoms with Crippen LogP contribution in [0.15, 0.2) is 24.3 Å². The molecule has 0 aromatic heterocycles. The number of aryl methyl sites for hydroxylation is 1. The SMILES string of the molecule is Cc1cccc(NC(=O)N2CC[C@]3(CCCN(CC(C)C)C3)C2)c1. The zero-order valence-corrected chi connectivity index (χ0v) is 15.3. The molecule has 2 heterocycles. The normalized spacial score (nSPS) is 24.8. The molecule has 1 aromatic carbocycles.